The van der Waals surface area contributed by atoms with Crippen LogP contribution in [0.5, 0.6) is 0 Å². The topological polar surface area (TPSA) is 71.3 Å². The number of nitrogens with one attached hydrogen (secondary N) is 2. The average molecular weight is 333 g/mol. The molecule has 0 radical (unpaired) electrons. The molecule has 1 aliphatic carbocycles. The number of furan rings is 1. The second-order valence-electron chi connectivity index (χ2n) is 6.42. The summed E-state index contributed by atoms with van der Waals surface area (Å²) in [5.74, 6) is 0.184. The van der Waals surface area contributed by atoms with Gasteiger partial charge >= 0.3 is 6.03 Å². The van der Waals surface area contributed by atoms with E-state index in [0.29, 0.717) is 22.1 Å². The number of halogens is 1. The van der Waals surface area contributed by atoms with Crippen LogP contribution in [0.25, 0.3) is 11.0 Å². The summed E-state index contributed by atoms with van der Waals surface area (Å²) in [6.07, 6.45) is 4.92. The lowest BCUT2D eigenvalue weighted by molar-refractivity contribution is 0.0989. The monoisotopic (exact) mass is 332 g/mol. The summed E-state index contributed by atoms with van der Waals surface area (Å²) in [6.45, 7) is 1.47. The summed E-state index contributed by atoms with van der Waals surface area (Å²) < 4.78 is 5.85. The quantitative estimate of drug-likeness (QED) is 0.751. The molecular formula is C17H17ClN2O3. The van der Waals surface area contributed by atoms with Crippen LogP contribution in [0.1, 0.15) is 55.1 Å². The fourth-order valence-corrected chi connectivity index (χ4v) is 4.12. The normalized spacial score (nSPS) is 19.3. The van der Waals surface area contributed by atoms with Crippen LogP contribution >= 0.6 is 11.6 Å². The lowest BCUT2D eigenvalue weighted by Gasteiger charge is -2.42. The summed E-state index contributed by atoms with van der Waals surface area (Å²) >= 11 is 6.41. The minimum Gasteiger partial charge on any atom is -0.453 e. The zero-order valence-electron chi connectivity index (χ0n) is 12.8. The molecular weight excluding hydrogens is 316 g/mol. The molecule has 1 fully saturated rings. The van der Waals surface area contributed by atoms with Crippen LogP contribution in [-0.2, 0) is 5.54 Å². The van der Waals surface area contributed by atoms with Gasteiger partial charge in [0.1, 0.15) is 5.58 Å². The van der Waals surface area contributed by atoms with E-state index < -0.39 is 5.54 Å². The summed E-state index contributed by atoms with van der Waals surface area (Å²) in [6, 6.07) is 3.23. The third-order valence-electron chi connectivity index (χ3n) is 4.88. The van der Waals surface area contributed by atoms with Crippen molar-refractivity contribution in [3.05, 3.63) is 28.5 Å². The second kappa shape index (κ2) is 4.99. The molecule has 0 atom stereocenters. The minimum atomic E-state index is -0.467. The van der Waals surface area contributed by atoms with Gasteiger partial charge in [0, 0.05) is 17.9 Å². The molecule has 1 aromatic carbocycles. The number of hydrogen-bond acceptors (Lipinski definition) is 3. The van der Waals surface area contributed by atoms with E-state index in [-0.39, 0.29) is 11.8 Å². The van der Waals surface area contributed by atoms with Gasteiger partial charge < -0.3 is 15.1 Å². The number of amides is 2. The molecule has 1 spiro atoms. The first-order valence-electron chi connectivity index (χ1n) is 7.87. The van der Waals surface area contributed by atoms with Crippen molar-refractivity contribution in [3.63, 3.8) is 0 Å². The number of urea groups is 1. The first kappa shape index (κ1) is 14.6. The smallest absolute Gasteiger partial charge is 0.319 e. The Morgan fingerprint density at radius 1 is 1.26 bits per heavy atom. The van der Waals surface area contributed by atoms with Gasteiger partial charge in [-0.15, -0.1) is 0 Å². The van der Waals surface area contributed by atoms with E-state index in [1.165, 1.54) is 6.92 Å². The van der Waals surface area contributed by atoms with E-state index in [0.717, 1.165) is 43.1 Å². The first-order valence-corrected chi connectivity index (χ1v) is 8.25. The first-order chi connectivity index (χ1) is 11.0. The van der Waals surface area contributed by atoms with Crippen molar-refractivity contribution in [1.29, 1.82) is 0 Å². The van der Waals surface area contributed by atoms with Crippen LogP contribution in [-0.4, -0.2) is 11.8 Å². The number of fused-ring (bicyclic) bond motifs is 4. The molecule has 0 saturated heterocycles. The number of carbonyl (C=O) groups is 2. The van der Waals surface area contributed by atoms with Crippen molar-refractivity contribution in [1.82, 2.24) is 5.32 Å². The zero-order valence-corrected chi connectivity index (χ0v) is 13.5. The molecule has 2 amide bonds. The molecule has 2 heterocycles. The number of Topliss-reactive ketones (excluding diaryl/α,β-unsaturated/α-hetero) is 1. The fourth-order valence-electron chi connectivity index (χ4n) is 3.86. The fraction of sp³-hybridized carbons (Fsp3) is 0.412. The van der Waals surface area contributed by atoms with Gasteiger partial charge in [-0.3, -0.25) is 4.79 Å². The van der Waals surface area contributed by atoms with Crippen molar-refractivity contribution in [2.75, 3.05) is 5.32 Å². The molecule has 120 valence electrons. The van der Waals surface area contributed by atoms with E-state index in [4.69, 9.17) is 16.0 Å². The SMILES string of the molecule is CC(=O)c1cc2cc(Cl)c3c(c2o1)C1(CCCCC1)NC(=O)N3. The molecule has 4 rings (SSSR count). The molecule has 2 aromatic rings. The average Bonchev–Trinajstić information content (AvgIpc) is 2.91. The zero-order chi connectivity index (χ0) is 16.2. The Morgan fingerprint density at radius 2 is 2.00 bits per heavy atom. The third-order valence-corrected chi connectivity index (χ3v) is 5.18. The van der Waals surface area contributed by atoms with Gasteiger partial charge in [0.15, 0.2) is 11.5 Å². The Hall–Kier alpha value is -2.01. The van der Waals surface area contributed by atoms with E-state index in [1.54, 1.807) is 12.1 Å². The molecule has 2 aliphatic rings. The van der Waals surface area contributed by atoms with Crippen molar-refractivity contribution in [2.24, 2.45) is 0 Å². The Bertz CT molecular complexity index is 834. The van der Waals surface area contributed by atoms with Crippen LogP contribution in [0, 0.1) is 0 Å². The van der Waals surface area contributed by atoms with Crippen molar-refractivity contribution in [2.45, 2.75) is 44.6 Å². The van der Waals surface area contributed by atoms with Crippen molar-refractivity contribution in [3.8, 4) is 0 Å². The van der Waals surface area contributed by atoms with Gasteiger partial charge in [-0.25, -0.2) is 4.79 Å². The largest absolute Gasteiger partial charge is 0.453 e. The molecule has 1 aliphatic heterocycles. The standard InChI is InChI=1S/C17H17ClN2O3/c1-9(21)12-8-10-7-11(18)14-13(15(10)23-12)17(20-16(22)19-14)5-3-2-4-6-17/h7-8H,2-6H2,1H3,(H2,19,20,22). The van der Waals surface area contributed by atoms with Gasteiger partial charge in [-0.1, -0.05) is 30.9 Å². The Kier molecular flexibility index (Phi) is 3.17. The number of hydrogen-bond donors (Lipinski definition) is 2. The molecule has 1 saturated carbocycles. The van der Waals surface area contributed by atoms with Gasteiger partial charge in [-0.05, 0) is 25.0 Å². The molecule has 0 unspecified atom stereocenters. The van der Waals surface area contributed by atoms with Crippen molar-refractivity contribution < 1.29 is 14.0 Å². The maximum absolute atomic E-state index is 12.1. The number of rotatable bonds is 1. The highest BCUT2D eigenvalue weighted by molar-refractivity contribution is 6.35. The number of ketones is 1. The Morgan fingerprint density at radius 3 is 2.70 bits per heavy atom. The number of anilines is 1. The summed E-state index contributed by atoms with van der Waals surface area (Å²) in [5.41, 5.74) is 1.66. The Balaban J connectivity index is 2.04. The highest BCUT2D eigenvalue weighted by atomic mass is 35.5. The lowest BCUT2D eigenvalue weighted by atomic mass is 9.74. The molecule has 2 N–H and O–H groups in total. The molecule has 1 aromatic heterocycles. The van der Waals surface area contributed by atoms with Gasteiger partial charge in [0.2, 0.25) is 0 Å². The molecule has 0 bridgehead atoms. The number of benzene rings is 1. The van der Waals surface area contributed by atoms with Crippen molar-refractivity contribution >= 4 is 40.1 Å². The van der Waals surface area contributed by atoms with Crippen LogP contribution in [0.15, 0.2) is 16.5 Å². The maximum Gasteiger partial charge on any atom is 0.319 e. The van der Waals surface area contributed by atoms with E-state index in [1.807, 2.05) is 0 Å². The van der Waals surface area contributed by atoms with Gasteiger partial charge in [-0.2, -0.15) is 0 Å². The Labute approximate surface area is 138 Å². The predicted molar refractivity (Wildman–Crippen MR) is 88.1 cm³/mol. The summed E-state index contributed by atoms with van der Waals surface area (Å²) in [7, 11) is 0. The van der Waals surface area contributed by atoms with E-state index in [9.17, 15) is 9.59 Å². The van der Waals surface area contributed by atoms with Crippen LogP contribution in [0.3, 0.4) is 0 Å². The third kappa shape index (κ3) is 2.14. The highest BCUT2D eigenvalue weighted by Gasteiger charge is 2.43. The molecule has 6 heteroatoms. The molecule has 5 nitrogen and oxygen atoms in total. The highest BCUT2D eigenvalue weighted by Crippen LogP contribution is 2.48. The number of carbonyl (C=O) groups excluding carboxylic acids is 2. The summed E-state index contributed by atoms with van der Waals surface area (Å²) in [5, 5.41) is 7.16. The van der Waals surface area contributed by atoms with Crippen LogP contribution < -0.4 is 10.6 Å². The van der Waals surface area contributed by atoms with E-state index >= 15 is 0 Å². The van der Waals surface area contributed by atoms with Gasteiger partial charge in [0.05, 0.1) is 16.2 Å². The molecule has 23 heavy (non-hydrogen) atoms. The lowest BCUT2D eigenvalue weighted by Crippen LogP contribution is -2.52. The maximum atomic E-state index is 12.1. The predicted octanol–water partition coefficient (Wildman–Crippen LogP) is 4.58. The summed E-state index contributed by atoms with van der Waals surface area (Å²) in [4.78, 5) is 23.8. The minimum absolute atomic E-state index is 0.128. The van der Waals surface area contributed by atoms with Gasteiger partial charge in [0.25, 0.3) is 0 Å². The van der Waals surface area contributed by atoms with Crippen LogP contribution in [0.2, 0.25) is 5.02 Å². The van der Waals surface area contributed by atoms with Crippen LogP contribution in [0.4, 0.5) is 10.5 Å². The van der Waals surface area contributed by atoms with E-state index in [2.05, 4.69) is 10.6 Å². The second-order valence-corrected chi connectivity index (χ2v) is 6.82.